The van der Waals surface area contributed by atoms with Crippen LogP contribution in [0.15, 0.2) is 66.7 Å². The maximum Gasteiger partial charge on any atom is 0.127 e. The molecule has 0 radical (unpaired) electrons. The third kappa shape index (κ3) is 4.76. The predicted octanol–water partition coefficient (Wildman–Crippen LogP) is 5.77. The van der Waals surface area contributed by atoms with Crippen LogP contribution in [0.1, 0.15) is 16.7 Å². The summed E-state index contributed by atoms with van der Waals surface area (Å²) in [5, 5.41) is 0.726. The van der Waals surface area contributed by atoms with E-state index in [-0.39, 0.29) is 12.4 Å². The molecule has 0 amide bonds. The van der Waals surface area contributed by atoms with Crippen LogP contribution in [0.3, 0.4) is 0 Å². The molecule has 25 heavy (non-hydrogen) atoms. The van der Waals surface area contributed by atoms with E-state index >= 15 is 0 Å². The van der Waals surface area contributed by atoms with E-state index in [1.54, 1.807) is 0 Å². The van der Waals surface area contributed by atoms with E-state index in [1.165, 1.54) is 0 Å². The molecule has 0 aliphatic rings. The van der Waals surface area contributed by atoms with Gasteiger partial charge in [-0.15, -0.1) is 12.4 Å². The Morgan fingerprint density at radius 2 is 1.68 bits per heavy atom. The molecule has 0 saturated carbocycles. The molecule has 0 unspecified atom stereocenters. The molecule has 0 aliphatic heterocycles. The van der Waals surface area contributed by atoms with Crippen LogP contribution in [-0.2, 0) is 13.2 Å². The summed E-state index contributed by atoms with van der Waals surface area (Å²) >= 11 is 6.11. The molecule has 0 saturated heterocycles. The molecule has 130 valence electrons. The Balaban J connectivity index is 0.00000225. The lowest BCUT2D eigenvalue weighted by molar-refractivity contribution is 0.301. The van der Waals surface area contributed by atoms with Crippen LogP contribution in [0.4, 0.5) is 0 Å². The highest BCUT2D eigenvalue weighted by molar-refractivity contribution is 6.30. The second-order valence-corrected chi connectivity index (χ2v) is 6.21. The van der Waals surface area contributed by atoms with E-state index in [4.69, 9.17) is 22.1 Å². The Labute approximate surface area is 160 Å². The van der Waals surface area contributed by atoms with Crippen molar-refractivity contribution >= 4 is 24.0 Å². The van der Waals surface area contributed by atoms with Gasteiger partial charge in [0.1, 0.15) is 12.4 Å². The summed E-state index contributed by atoms with van der Waals surface area (Å²) in [7, 11) is 0. The van der Waals surface area contributed by atoms with Gasteiger partial charge in [0, 0.05) is 17.1 Å². The van der Waals surface area contributed by atoms with E-state index in [0.29, 0.717) is 13.2 Å². The van der Waals surface area contributed by atoms with Crippen molar-refractivity contribution in [3.8, 4) is 16.9 Å². The van der Waals surface area contributed by atoms with Crippen LogP contribution >= 0.6 is 24.0 Å². The topological polar surface area (TPSA) is 35.2 Å². The first-order chi connectivity index (χ1) is 11.7. The van der Waals surface area contributed by atoms with Crippen molar-refractivity contribution in [2.75, 3.05) is 0 Å². The van der Waals surface area contributed by atoms with Gasteiger partial charge < -0.3 is 10.5 Å². The van der Waals surface area contributed by atoms with Gasteiger partial charge >= 0.3 is 0 Å². The zero-order chi connectivity index (χ0) is 16.9. The van der Waals surface area contributed by atoms with E-state index in [1.807, 2.05) is 49.4 Å². The van der Waals surface area contributed by atoms with E-state index < -0.39 is 0 Å². The van der Waals surface area contributed by atoms with Gasteiger partial charge in [0.25, 0.3) is 0 Å². The number of nitrogens with two attached hydrogens (primary N) is 1. The summed E-state index contributed by atoms with van der Waals surface area (Å²) in [6, 6.07) is 22.2. The van der Waals surface area contributed by atoms with Gasteiger partial charge in [-0.25, -0.2) is 0 Å². The van der Waals surface area contributed by atoms with Gasteiger partial charge in [-0.1, -0.05) is 54.1 Å². The van der Waals surface area contributed by atoms with Gasteiger partial charge in [0.2, 0.25) is 0 Å². The highest BCUT2D eigenvalue weighted by atomic mass is 35.5. The number of halogens is 2. The SMILES string of the molecule is Cc1cc(-c2cccc(Cl)c2)cc(CN)c1OCc1ccccc1.Cl. The highest BCUT2D eigenvalue weighted by Gasteiger charge is 2.10. The average Bonchev–Trinajstić information content (AvgIpc) is 2.61. The first-order valence-electron chi connectivity index (χ1n) is 7.93. The minimum Gasteiger partial charge on any atom is -0.488 e. The van der Waals surface area contributed by atoms with E-state index in [2.05, 4.69) is 24.3 Å². The molecule has 4 heteroatoms. The molecule has 0 bridgehead atoms. The number of ether oxygens (including phenoxy) is 1. The Hall–Kier alpha value is -2.00. The largest absolute Gasteiger partial charge is 0.488 e. The standard InChI is InChI=1S/C21H20ClNO.ClH/c1-15-10-18(17-8-5-9-20(22)12-17)11-19(13-23)21(15)24-14-16-6-3-2-4-7-16;/h2-12H,13-14,23H2,1H3;1H. The van der Waals surface area contributed by atoms with Gasteiger partial charge in [-0.05, 0) is 53.4 Å². The van der Waals surface area contributed by atoms with E-state index in [9.17, 15) is 0 Å². The van der Waals surface area contributed by atoms with Crippen molar-refractivity contribution in [3.63, 3.8) is 0 Å². The lowest BCUT2D eigenvalue weighted by atomic mass is 9.99. The van der Waals surface area contributed by atoms with Crippen molar-refractivity contribution in [2.45, 2.75) is 20.1 Å². The molecule has 0 aliphatic carbocycles. The highest BCUT2D eigenvalue weighted by Crippen LogP contribution is 2.32. The molecule has 0 atom stereocenters. The van der Waals surface area contributed by atoms with Crippen molar-refractivity contribution in [1.29, 1.82) is 0 Å². The minimum atomic E-state index is 0. The average molecular weight is 374 g/mol. The monoisotopic (exact) mass is 373 g/mol. The summed E-state index contributed by atoms with van der Waals surface area (Å²) in [5.41, 5.74) is 11.3. The van der Waals surface area contributed by atoms with Crippen molar-refractivity contribution in [2.24, 2.45) is 5.73 Å². The Bertz CT molecular complexity index is 835. The van der Waals surface area contributed by atoms with Crippen LogP contribution in [0.5, 0.6) is 5.75 Å². The summed E-state index contributed by atoms with van der Waals surface area (Å²) in [6.45, 7) is 3.01. The number of hydrogen-bond donors (Lipinski definition) is 1. The molecule has 3 rings (SSSR count). The number of aryl methyl sites for hydroxylation is 1. The quantitative estimate of drug-likeness (QED) is 0.615. The fourth-order valence-corrected chi connectivity index (χ4v) is 2.96. The molecule has 3 aromatic carbocycles. The summed E-state index contributed by atoms with van der Waals surface area (Å²) < 4.78 is 6.05. The molecular weight excluding hydrogens is 353 g/mol. The predicted molar refractivity (Wildman–Crippen MR) is 108 cm³/mol. The lowest BCUT2D eigenvalue weighted by Crippen LogP contribution is -2.05. The second-order valence-electron chi connectivity index (χ2n) is 5.77. The van der Waals surface area contributed by atoms with Crippen LogP contribution < -0.4 is 10.5 Å². The maximum atomic E-state index is 6.11. The smallest absolute Gasteiger partial charge is 0.127 e. The Morgan fingerprint density at radius 1 is 0.920 bits per heavy atom. The molecule has 3 aromatic rings. The third-order valence-corrected chi connectivity index (χ3v) is 4.19. The maximum absolute atomic E-state index is 6.11. The number of hydrogen-bond acceptors (Lipinski definition) is 2. The molecule has 0 fully saturated rings. The first kappa shape index (κ1) is 19.3. The van der Waals surface area contributed by atoms with E-state index in [0.717, 1.165) is 38.6 Å². The summed E-state index contributed by atoms with van der Waals surface area (Å²) in [6.07, 6.45) is 0. The van der Waals surface area contributed by atoms with Gasteiger partial charge in [-0.3, -0.25) is 0 Å². The zero-order valence-electron chi connectivity index (χ0n) is 14.0. The minimum absolute atomic E-state index is 0. The van der Waals surface area contributed by atoms with Crippen LogP contribution in [-0.4, -0.2) is 0 Å². The molecular formula is C21H21Cl2NO. The first-order valence-corrected chi connectivity index (χ1v) is 8.31. The fourth-order valence-electron chi connectivity index (χ4n) is 2.77. The number of benzene rings is 3. The zero-order valence-corrected chi connectivity index (χ0v) is 15.6. The van der Waals surface area contributed by atoms with Gasteiger partial charge in [0.15, 0.2) is 0 Å². The Morgan fingerprint density at radius 3 is 2.36 bits per heavy atom. The van der Waals surface area contributed by atoms with Crippen LogP contribution in [0.2, 0.25) is 5.02 Å². The summed E-state index contributed by atoms with van der Waals surface area (Å²) in [5.74, 6) is 0.868. The molecule has 0 aromatic heterocycles. The van der Waals surface area contributed by atoms with Gasteiger partial charge in [-0.2, -0.15) is 0 Å². The second kappa shape index (κ2) is 8.91. The molecule has 2 nitrogen and oxygen atoms in total. The molecule has 0 spiro atoms. The van der Waals surface area contributed by atoms with Gasteiger partial charge in [0.05, 0.1) is 0 Å². The van der Waals surface area contributed by atoms with Crippen molar-refractivity contribution in [3.05, 3.63) is 88.4 Å². The normalized spacial score (nSPS) is 10.2. The Kier molecular flexibility index (Phi) is 6.89. The van der Waals surface area contributed by atoms with Crippen LogP contribution in [0.25, 0.3) is 11.1 Å². The summed E-state index contributed by atoms with van der Waals surface area (Å²) in [4.78, 5) is 0. The fraction of sp³-hybridized carbons (Fsp3) is 0.143. The third-order valence-electron chi connectivity index (χ3n) is 3.96. The molecule has 2 N–H and O–H groups in total. The number of rotatable bonds is 5. The van der Waals surface area contributed by atoms with Crippen LogP contribution in [0, 0.1) is 6.92 Å². The lowest BCUT2D eigenvalue weighted by Gasteiger charge is -2.16. The van der Waals surface area contributed by atoms with Crippen molar-refractivity contribution in [1.82, 2.24) is 0 Å². The van der Waals surface area contributed by atoms with Crippen molar-refractivity contribution < 1.29 is 4.74 Å². The molecule has 0 heterocycles.